The van der Waals surface area contributed by atoms with Gasteiger partial charge in [-0.25, -0.2) is 4.79 Å². The van der Waals surface area contributed by atoms with Crippen molar-refractivity contribution >= 4 is 16.9 Å². The Bertz CT molecular complexity index is 885. The summed E-state index contributed by atoms with van der Waals surface area (Å²) < 4.78 is 2.45. The highest BCUT2D eigenvalue weighted by Gasteiger charge is 2.41. The Hall–Kier alpha value is -2.01. The highest BCUT2D eigenvalue weighted by molar-refractivity contribution is 5.89. The number of carbonyl (C=O) groups excluding carboxylic acids is 1. The van der Waals surface area contributed by atoms with Crippen molar-refractivity contribution in [2.24, 2.45) is 0 Å². The van der Waals surface area contributed by atoms with Crippen molar-refractivity contribution in [3.05, 3.63) is 35.5 Å². The van der Waals surface area contributed by atoms with Gasteiger partial charge in [-0.1, -0.05) is 26.0 Å². The van der Waals surface area contributed by atoms with Crippen LogP contribution in [0.4, 0.5) is 4.79 Å². The van der Waals surface area contributed by atoms with E-state index >= 15 is 0 Å². The van der Waals surface area contributed by atoms with Crippen LogP contribution in [-0.4, -0.2) is 58.7 Å². The minimum atomic E-state index is 0.0868. The normalized spacial score (nSPS) is 23.4. The van der Waals surface area contributed by atoms with Gasteiger partial charge in [0.1, 0.15) is 0 Å². The first-order chi connectivity index (χ1) is 14.6. The number of rotatable bonds is 7. The summed E-state index contributed by atoms with van der Waals surface area (Å²) in [5, 5.41) is 4.85. The van der Waals surface area contributed by atoms with Gasteiger partial charge in [0.05, 0.1) is 0 Å². The van der Waals surface area contributed by atoms with Crippen LogP contribution in [-0.2, 0) is 13.0 Å². The topological polar surface area (TPSA) is 40.5 Å². The van der Waals surface area contributed by atoms with Crippen molar-refractivity contribution in [1.82, 2.24) is 19.7 Å². The summed E-state index contributed by atoms with van der Waals surface area (Å²) in [5.74, 6) is 0.487. The number of fused-ring (bicyclic) bond motifs is 2. The minimum Gasteiger partial charge on any atom is -0.347 e. The summed E-state index contributed by atoms with van der Waals surface area (Å²) >= 11 is 0. The molecule has 5 nitrogen and oxygen atoms in total. The molecule has 2 aliphatic rings. The molecule has 1 fully saturated rings. The maximum atomic E-state index is 12.8. The van der Waals surface area contributed by atoms with Crippen LogP contribution in [0.3, 0.4) is 0 Å². The molecule has 4 rings (SSSR count). The number of piperidine rings is 1. The Kier molecular flexibility index (Phi) is 6.37. The summed E-state index contributed by atoms with van der Waals surface area (Å²) in [7, 11) is 0. The van der Waals surface area contributed by atoms with E-state index in [2.05, 4.69) is 53.0 Å². The monoisotopic (exact) mass is 410 g/mol. The number of aryl methyl sites for hydroxylation is 1. The van der Waals surface area contributed by atoms with Gasteiger partial charge in [0.2, 0.25) is 0 Å². The molecule has 0 spiro atoms. The number of likely N-dealkylation sites (tertiary alicyclic amines) is 1. The number of hydrogen-bond acceptors (Lipinski definition) is 2. The number of benzene rings is 1. The molecule has 2 amide bonds. The second-order valence-corrected chi connectivity index (χ2v) is 9.02. The van der Waals surface area contributed by atoms with Crippen LogP contribution in [0.1, 0.15) is 64.0 Å². The van der Waals surface area contributed by atoms with Crippen LogP contribution in [0.2, 0.25) is 0 Å². The minimum absolute atomic E-state index is 0.0868. The molecule has 3 atom stereocenters. The molecule has 2 aromatic rings. The molecule has 0 radical (unpaired) electrons. The Labute approximate surface area is 181 Å². The molecule has 0 saturated carbocycles. The number of urea groups is 1. The molecule has 0 unspecified atom stereocenters. The number of nitrogens with zero attached hydrogens (tertiary/aromatic N) is 3. The van der Waals surface area contributed by atoms with E-state index in [0.29, 0.717) is 12.0 Å². The number of carbonyl (C=O) groups is 1. The summed E-state index contributed by atoms with van der Waals surface area (Å²) in [4.78, 5) is 17.3. The van der Waals surface area contributed by atoms with Crippen LogP contribution in [0, 0.1) is 0 Å². The van der Waals surface area contributed by atoms with Crippen molar-refractivity contribution < 1.29 is 4.79 Å². The third kappa shape index (κ3) is 3.73. The average molecular weight is 411 g/mol. The van der Waals surface area contributed by atoms with Crippen LogP contribution >= 0.6 is 0 Å². The Morgan fingerprint density at radius 3 is 2.60 bits per heavy atom. The third-order valence-electron chi connectivity index (χ3n) is 7.13. The predicted molar refractivity (Wildman–Crippen MR) is 124 cm³/mol. The lowest BCUT2D eigenvalue weighted by Crippen LogP contribution is -2.57. The van der Waals surface area contributed by atoms with E-state index in [-0.39, 0.29) is 12.1 Å². The summed E-state index contributed by atoms with van der Waals surface area (Å²) in [6.45, 7) is 13.3. The third-order valence-corrected chi connectivity index (χ3v) is 7.13. The summed E-state index contributed by atoms with van der Waals surface area (Å²) in [6, 6.07) is 7.70. The van der Waals surface area contributed by atoms with Gasteiger partial charge in [-0.15, -0.1) is 0 Å². The van der Waals surface area contributed by atoms with Crippen molar-refractivity contribution in [2.75, 3.05) is 26.2 Å². The van der Waals surface area contributed by atoms with Gasteiger partial charge >= 0.3 is 6.03 Å². The molecule has 164 valence electrons. The van der Waals surface area contributed by atoms with E-state index in [9.17, 15) is 4.79 Å². The first-order valence-electron chi connectivity index (χ1n) is 12.0. The van der Waals surface area contributed by atoms with E-state index < -0.39 is 0 Å². The zero-order valence-electron chi connectivity index (χ0n) is 19.2. The second kappa shape index (κ2) is 9.01. The number of nitrogens with one attached hydrogen (secondary N) is 1. The highest BCUT2D eigenvalue weighted by Crippen LogP contribution is 2.44. The first kappa shape index (κ1) is 21.2. The molecule has 30 heavy (non-hydrogen) atoms. The van der Waals surface area contributed by atoms with Gasteiger partial charge < -0.3 is 14.8 Å². The fourth-order valence-electron chi connectivity index (χ4n) is 5.83. The molecule has 1 aromatic heterocycles. The van der Waals surface area contributed by atoms with Crippen LogP contribution in [0.25, 0.3) is 10.9 Å². The smallest absolute Gasteiger partial charge is 0.317 e. The van der Waals surface area contributed by atoms with Crippen molar-refractivity contribution in [3.63, 3.8) is 0 Å². The van der Waals surface area contributed by atoms with Gasteiger partial charge in [0.15, 0.2) is 0 Å². The fraction of sp³-hybridized carbons (Fsp3) is 0.640. The average Bonchev–Trinajstić information content (AvgIpc) is 3.09. The lowest BCUT2D eigenvalue weighted by Gasteiger charge is -2.47. The highest BCUT2D eigenvalue weighted by atomic mass is 16.2. The Morgan fingerprint density at radius 1 is 1.13 bits per heavy atom. The number of aromatic nitrogens is 1. The van der Waals surface area contributed by atoms with E-state index in [1.54, 1.807) is 0 Å². The zero-order valence-corrected chi connectivity index (χ0v) is 19.2. The van der Waals surface area contributed by atoms with E-state index in [0.717, 1.165) is 58.4 Å². The van der Waals surface area contributed by atoms with Gasteiger partial charge in [0.25, 0.3) is 0 Å². The SMILES string of the molecule is CCCN1C[C@@H](NC(=O)N(CC)CC)C[C@@H]2c3cccc4c3c(cn4CCC)C[C@H]21. The second-order valence-electron chi connectivity index (χ2n) is 9.02. The Balaban J connectivity index is 1.66. The molecule has 1 aromatic carbocycles. The molecule has 1 aliphatic heterocycles. The van der Waals surface area contributed by atoms with Crippen LogP contribution in [0.15, 0.2) is 24.4 Å². The van der Waals surface area contributed by atoms with Crippen LogP contribution < -0.4 is 5.32 Å². The quantitative estimate of drug-likeness (QED) is 0.725. The van der Waals surface area contributed by atoms with Crippen LogP contribution in [0.5, 0.6) is 0 Å². The zero-order chi connectivity index (χ0) is 21.3. The van der Waals surface area contributed by atoms with Gasteiger partial charge in [0, 0.05) is 61.3 Å². The summed E-state index contributed by atoms with van der Waals surface area (Å²) in [6.07, 6.45) is 6.88. The van der Waals surface area contributed by atoms with Crippen molar-refractivity contribution in [3.8, 4) is 0 Å². The molecule has 5 heteroatoms. The van der Waals surface area contributed by atoms with Crippen molar-refractivity contribution in [1.29, 1.82) is 0 Å². The van der Waals surface area contributed by atoms with E-state index in [1.165, 1.54) is 22.0 Å². The molecule has 1 saturated heterocycles. The van der Waals surface area contributed by atoms with Gasteiger partial charge in [-0.05, 0) is 63.3 Å². The summed E-state index contributed by atoms with van der Waals surface area (Å²) in [5.41, 5.74) is 4.40. The van der Waals surface area contributed by atoms with Crippen molar-refractivity contribution in [2.45, 2.75) is 77.9 Å². The molecular weight excluding hydrogens is 372 g/mol. The Morgan fingerprint density at radius 2 is 1.90 bits per heavy atom. The molecule has 1 N–H and O–H groups in total. The fourth-order valence-corrected chi connectivity index (χ4v) is 5.83. The number of hydrogen-bond donors (Lipinski definition) is 1. The van der Waals surface area contributed by atoms with Gasteiger partial charge in [-0.2, -0.15) is 0 Å². The lowest BCUT2D eigenvalue weighted by molar-refractivity contribution is 0.0979. The maximum Gasteiger partial charge on any atom is 0.317 e. The molecule has 0 bridgehead atoms. The number of amides is 2. The maximum absolute atomic E-state index is 12.8. The molecule has 1 aliphatic carbocycles. The predicted octanol–water partition coefficient (Wildman–Crippen LogP) is 4.60. The van der Waals surface area contributed by atoms with E-state index in [4.69, 9.17) is 0 Å². The standard InChI is InChI=1S/C25H38N4O/c1-5-12-28-16-18-14-23-21(20-10-9-11-22(28)24(18)20)15-19(17-29(23)13-6-2)26-25(30)27(7-3)8-4/h9-11,16,19,21,23H,5-8,12-15,17H2,1-4H3,(H,26,30)/t19-,21+,23+/m0/s1. The molecule has 2 heterocycles. The largest absolute Gasteiger partial charge is 0.347 e. The van der Waals surface area contributed by atoms with E-state index in [1.807, 2.05) is 18.7 Å². The first-order valence-corrected chi connectivity index (χ1v) is 12.0. The van der Waals surface area contributed by atoms with Gasteiger partial charge in [-0.3, -0.25) is 4.90 Å². The lowest BCUT2D eigenvalue weighted by atomic mass is 9.74. The molecular formula is C25H38N4O.